The fourth-order valence-corrected chi connectivity index (χ4v) is 3.39. The first kappa shape index (κ1) is 18.4. The van der Waals surface area contributed by atoms with Gasteiger partial charge in [-0.2, -0.15) is 0 Å². The summed E-state index contributed by atoms with van der Waals surface area (Å²) in [6.07, 6.45) is 0. The molecule has 2 amide bonds. The molecule has 130 valence electrons. The highest BCUT2D eigenvalue weighted by molar-refractivity contribution is 7.18. The second-order valence-corrected chi connectivity index (χ2v) is 6.86. The van der Waals surface area contributed by atoms with E-state index < -0.39 is 6.04 Å². The smallest absolute Gasteiger partial charge is 0.242 e. The molecule has 0 fully saturated rings. The Balaban J connectivity index is 1.94. The average Bonchev–Trinajstić information content (AvgIpc) is 2.97. The molecule has 2 atom stereocenters. The molecule has 0 bridgehead atoms. The van der Waals surface area contributed by atoms with Gasteiger partial charge >= 0.3 is 0 Å². The van der Waals surface area contributed by atoms with E-state index in [9.17, 15) is 9.59 Å². The Morgan fingerprint density at radius 3 is 2.67 bits per heavy atom. The van der Waals surface area contributed by atoms with Gasteiger partial charge in [0.15, 0.2) is 0 Å². The van der Waals surface area contributed by atoms with Crippen LogP contribution in [0.2, 0.25) is 0 Å². The van der Waals surface area contributed by atoms with E-state index in [2.05, 4.69) is 15.6 Å². The minimum atomic E-state index is -0.538. The molecule has 0 aliphatic heterocycles. The topological polar surface area (TPSA) is 74.3 Å². The van der Waals surface area contributed by atoms with Crippen molar-refractivity contribution in [2.45, 2.75) is 32.9 Å². The van der Waals surface area contributed by atoms with Gasteiger partial charge in [-0.25, -0.2) is 4.98 Å². The predicted molar refractivity (Wildman–Crippen MR) is 97.0 cm³/mol. The van der Waals surface area contributed by atoms with Crippen LogP contribution in [0.25, 0.3) is 10.2 Å². The Labute approximate surface area is 146 Å². The van der Waals surface area contributed by atoms with Gasteiger partial charge in [0, 0.05) is 6.54 Å². The van der Waals surface area contributed by atoms with Crippen LogP contribution in [-0.2, 0) is 9.59 Å². The van der Waals surface area contributed by atoms with Gasteiger partial charge in [0.25, 0.3) is 0 Å². The van der Waals surface area contributed by atoms with E-state index in [4.69, 9.17) is 0 Å². The third kappa shape index (κ3) is 4.52. The Morgan fingerprint density at radius 1 is 1.29 bits per heavy atom. The molecule has 0 unspecified atom stereocenters. The van der Waals surface area contributed by atoms with Crippen LogP contribution in [0.5, 0.6) is 0 Å². The molecule has 0 saturated carbocycles. The maximum absolute atomic E-state index is 12.1. The van der Waals surface area contributed by atoms with E-state index >= 15 is 0 Å². The molecular formula is C17H24N4O2S. The van der Waals surface area contributed by atoms with Crippen molar-refractivity contribution in [1.82, 2.24) is 20.5 Å². The summed E-state index contributed by atoms with van der Waals surface area (Å²) < 4.78 is 1.14. The van der Waals surface area contributed by atoms with Gasteiger partial charge in [0.05, 0.1) is 22.8 Å². The van der Waals surface area contributed by atoms with Crippen LogP contribution in [0.1, 0.15) is 31.8 Å². The van der Waals surface area contributed by atoms with Crippen molar-refractivity contribution in [3.63, 3.8) is 0 Å². The number of likely N-dealkylation sites (N-methyl/N-ethyl adjacent to an activating group) is 2. The summed E-state index contributed by atoms with van der Waals surface area (Å²) in [4.78, 5) is 30.4. The summed E-state index contributed by atoms with van der Waals surface area (Å²) in [5.74, 6) is -0.350. The number of hydrogen-bond acceptors (Lipinski definition) is 5. The number of carbonyl (C=O) groups is 2. The number of rotatable bonds is 7. The molecule has 0 aliphatic carbocycles. The number of fused-ring (bicyclic) bond motifs is 1. The number of para-hydroxylation sites is 1. The zero-order valence-electron chi connectivity index (χ0n) is 14.5. The highest BCUT2D eigenvalue weighted by Gasteiger charge is 2.20. The number of amides is 2. The first-order valence-corrected chi connectivity index (χ1v) is 8.86. The van der Waals surface area contributed by atoms with Crippen LogP contribution in [0.4, 0.5) is 0 Å². The number of aromatic nitrogens is 1. The summed E-state index contributed by atoms with van der Waals surface area (Å²) in [5.41, 5.74) is 0.979. The third-order valence-electron chi connectivity index (χ3n) is 3.84. The number of thiazole rings is 1. The normalized spacial score (nSPS) is 13.7. The molecule has 1 aromatic carbocycles. The second-order valence-electron chi connectivity index (χ2n) is 5.79. The molecule has 2 aromatic rings. The SMILES string of the molecule is CCNC(=O)[C@@H](C)NC(=O)CN(C)[C@@H](C)c1nc2ccccc2s1. The van der Waals surface area contributed by atoms with Gasteiger partial charge in [-0.15, -0.1) is 11.3 Å². The zero-order valence-corrected chi connectivity index (χ0v) is 15.3. The van der Waals surface area contributed by atoms with Crippen molar-refractivity contribution < 1.29 is 9.59 Å². The highest BCUT2D eigenvalue weighted by atomic mass is 32.1. The molecule has 2 rings (SSSR count). The van der Waals surface area contributed by atoms with Crippen molar-refractivity contribution >= 4 is 33.4 Å². The van der Waals surface area contributed by atoms with Gasteiger partial charge in [0.2, 0.25) is 11.8 Å². The minimum absolute atomic E-state index is 0.0212. The fraction of sp³-hybridized carbons (Fsp3) is 0.471. The Kier molecular flexibility index (Phi) is 6.28. The molecule has 24 heavy (non-hydrogen) atoms. The summed E-state index contributed by atoms with van der Waals surface area (Å²) in [6.45, 7) is 6.31. The lowest BCUT2D eigenvalue weighted by Crippen LogP contribution is -2.47. The first-order chi connectivity index (χ1) is 11.4. The average molecular weight is 348 g/mol. The predicted octanol–water partition coefficient (Wildman–Crippen LogP) is 1.93. The number of hydrogen-bond donors (Lipinski definition) is 2. The Hall–Kier alpha value is -1.99. The summed E-state index contributed by atoms with van der Waals surface area (Å²) in [5, 5.41) is 6.39. The molecule has 7 heteroatoms. The van der Waals surface area contributed by atoms with E-state index in [1.165, 1.54) is 0 Å². The quantitative estimate of drug-likeness (QED) is 0.802. The maximum Gasteiger partial charge on any atom is 0.242 e. The second kappa shape index (κ2) is 8.21. The molecule has 1 aromatic heterocycles. The van der Waals surface area contributed by atoms with Crippen LogP contribution in [0, 0.1) is 0 Å². The van der Waals surface area contributed by atoms with Gasteiger partial charge < -0.3 is 10.6 Å². The highest BCUT2D eigenvalue weighted by Crippen LogP contribution is 2.28. The number of nitrogens with zero attached hydrogens (tertiary/aromatic N) is 2. The molecule has 0 aliphatic rings. The maximum atomic E-state index is 12.1. The molecule has 1 heterocycles. The lowest BCUT2D eigenvalue weighted by atomic mass is 10.2. The van der Waals surface area contributed by atoms with E-state index in [1.807, 2.05) is 50.1 Å². The van der Waals surface area contributed by atoms with Crippen LogP contribution < -0.4 is 10.6 Å². The lowest BCUT2D eigenvalue weighted by Gasteiger charge is -2.23. The van der Waals surface area contributed by atoms with Crippen molar-refractivity contribution in [3.8, 4) is 0 Å². The number of carbonyl (C=O) groups excluding carboxylic acids is 2. The van der Waals surface area contributed by atoms with Crippen molar-refractivity contribution in [2.75, 3.05) is 20.1 Å². The van der Waals surface area contributed by atoms with Gasteiger partial charge in [-0.3, -0.25) is 14.5 Å². The fourth-order valence-electron chi connectivity index (χ4n) is 2.30. The standard InChI is InChI=1S/C17H24N4O2S/c1-5-18-16(23)11(2)19-15(22)10-21(4)12(3)17-20-13-8-6-7-9-14(13)24-17/h6-9,11-12H,5,10H2,1-4H3,(H,18,23)(H,19,22)/t11-,12+/m1/s1. The molecule has 2 N–H and O–H groups in total. The summed E-state index contributed by atoms with van der Waals surface area (Å²) >= 11 is 1.64. The Morgan fingerprint density at radius 2 is 2.00 bits per heavy atom. The van der Waals surface area contributed by atoms with Crippen LogP contribution in [0.15, 0.2) is 24.3 Å². The molecular weight excluding hydrogens is 324 g/mol. The molecule has 6 nitrogen and oxygen atoms in total. The molecule has 0 radical (unpaired) electrons. The van der Waals surface area contributed by atoms with Crippen LogP contribution in [-0.4, -0.2) is 47.9 Å². The van der Waals surface area contributed by atoms with E-state index in [-0.39, 0.29) is 24.4 Å². The van der Waals surface area contributed by atoms with Crippen molar-refractivity contribution in [2.24, 2.45) is 0 Å². The monoisotopic (exact) mass is 348 g/mol. The van der Waals surface area contributed by atoms with Crippen LogP contribution in [0.3, 0.4) is 0 Å². The van der Waals surface area contributed by atoms with Crippen molar-refractivity contribution in [1.29, 1.82) is 0 Å². The van der Waals surface area contributed by atoms with Gasteiger partial charge in [-0.1, -0.05) is 12.1 Å². The third-order valence-corrected chi connectivity index (χ3v) is 5.05. The molecule has 0 spiro atoms. The van der Waals surface area contributed by atoms with Gasteiger partial charge in [-0.05, 0) is 40.0 Å². The molecule has 0 saturated heterocycles. The minimum Gasteiger partial charge on any atom is -0.355 e. The summed E-state index contributed by atoms with van der Waals surface area (Å²) in [6, 6.07) is 7.48. The Bertz CT molecular complexity index is 682. The zero-order chi connectivity index (χ0) is 17.7. The lowest BCUT2D eigenvalue weighted by molar-refractivity contribution is -0.129. The largest absolute Gasteiger partial charge is 0.355 e. The van der Waals surface area contributed by atoms with Gasteiger partial charge in [0.1, 0.15) is 11.0 Å². The number of nitrogens with one attached hydrogen (secondary N) is 2. The van der Waals surface area contributed by atoms with E-state index in [0.717, 1.165) is 15.2 Å². The van der Waals surface area contributed by atoms with E-state index in [1.54, 1.807) is 18.3 Å². The van der Waals surface area contributed by atoms with Crippen LogP contribution >= 0.6 is 11.3 Å². The van der Waals surface area contributed by atoms with Crippen molar-refractivity contribution in [3.05, 3.63) is 29.3 Å². The summed E-state index contributed by atoms with van der Waals surface area (Å²) in [7, 11) is 1.88. The number of benzene rings is 1. The first-order valence-electron chi connectivity index (χ1n) is 8.05. The van der Waals surface area contributed by atoms with E-state index in [0.29, 0.717) is 6.54 Å².